The molecule has 0 aromatic carbocycles. The van der Waals surface area contributed by atoms with E-state index in [1.54, 1.807) is 0 Å². The van der Waals surface area contributed by atoms with Crippen molar-refractivity contribution in [2.24, 2.45) is 17.8 Å². The second-order valence-corrected chi connectivity index (χ2v) is 6.99. The van der Waals surface area contributed by atoms with Gasteiger partial charge in [-0.15, -0.1) is 0 Å². The van der Waals surface area contributed by atoms with Crippen LogP contribution in [0.25, 0.3) is 0 Å². The molecule has 21 heavy (non-hydrogen) atoms. The third kappa shape index (κ3) is 8.48. The third-order valence-corrected chi connectivity index (χ3v) is 5.31. The summed E-state index contributed by atoms with van der Waals surface area (Å²) < 4.78 is 0. The Morgan fingerprint density at radius 1 is 0.952 bits per heavy atom. The van der Waals surface area contributed by atoms with Crippen molar-refractivity contribution in [3.05, 3.63) is 0 Å². The Hall–Kier alpha value is -0.530. The fourth-order valence-electron chi connectivity index (χ4n) is 3.82. The monoisotopic (exact) mass is 296 g/mol. The molecule has 0 amide bonds. The molecule has 0 aromatic rings. The molecule has 124 valence electrons. The first-order valence-electron chi connectivity index (χ1n) is 9.40. The Bertz CT molecular complexity index is 267. The molecule has 0 saturated heterocycles. The molecular weight excluding hydrogens is 260 g/mol. The standard InChI is InChI=1S/C19H36O2/c1-3-16(4-2)18(17-14-15-17)12-10-8-6-5-7-9-11-13-19(20)21/h16-18H,3-15H2,1-2H3,(H,20,21). The van der Waals surface area contributed by atoms with Crippen LogP contribution in [0.4, 0.5) is 0 Å². The molecule has 0 heterocycles. The molecule has 0 bridgehead atoms. The predicted octanol–water partition coefficient (Wildman–Crippen LogP) is 6.04. The number of hydrogen-bond donors (Lipinski definition) is 1. The van der Waals surface area contributed by atoms with E-state index in [0.29, 0.717) is 6.42 Å². The average Bonchev–Trinajstić information content (AvgIpc) is 3.28. The SMILES string of the molecule is CCC(CC)C(CCCCCCCCCC(=O)O)C1CC1. The molecule has 0 aromatic heterocycles. The zero-order valence-corrected chi connectivity index (χ0v) is 14.3. The van der Waals surface area contributed by atoms with Gasteiger partial charge in [-0.2, -0.15) is 0 Å². The van der Waals surface area contributed by atoms with Crippen LogP contribution in [-0.2, 0) is 4.79 Å². The summed E-state index contributed by atoms with van der Waals surface area (Å²) in [6, 6.07) is 0. The zero-order chi connectivity index (χ0) is 15.5. The van der Waals surface area contributed by atoms with Crippen molar-refractivity contribution in [2.75, 3.05) is 0 Å². The van der Waals surface area contributed by atoms with Crippen molar-refractivity contribution in [1.29, 1.82) is 0 Å². The highest BCUT2D eigenvalue weighted by Gasteiger charge is 2.34. The first kappa shape index (κ1) is 18.5. The van der Waals surface area contributed by atoms with Gasteiger partial charge in [-0.25, -0.2) is 0 Å². The summed E-state index contributed by atoms with van der Waals surface area (Å²) in [7, 11) is 0. The number of unbranched alkanes of at least 4 members (excludes halogenated alkanes) is 6. The molecule has 2 heteroatoms. The van der Waals surface area contributed by atoms with Crippen LogP contribution in [0, 0.1) is 17.8 Å². The van der Waals surface area contributed by atoms with Crippen LogP contribution >= 0.6 is 0 Å². The maximum absolute atomic E-state index is 10.4. The van der Waals surface area contributed by atoms with Crippen molar-refractivity contribution < 1.29 is 9.90 Å². The summed E-state index contributed by atoms with van der Waals surface area (Å²) in [6.07, 6.45) is 16.1. The average molecular weight is 296 g/mol. The molecule has 1 N–H and O–H groups in total. The van der Waals surface area contributed by atoms with Crippen LogP contribution in [0.3, 0.4) is 0 Å². The molecular formula is C19H36O2. The van der Waals surface area contributed by atoms with E-state index in [-0.39, 0.29) is 0 Å². The Balaban J connectivity index is 1.98. The quantitative estimate of drug-likeness (QED) is 0.396. The Morgan fingerprint density at radius 2 is 1.48 bits per heavy atom. The van der Waals surface area contributed by atoms with Gasteiger partial charge in [0.15, 0.2) is 0 Å². The van der Waals surface area contributed by atoms with Crippen molar-refractivity contribution in [1.82, 2.24) is 0 Å². The van der Waals surface area contributed by atoms with E-state index in [0.717, 1.165) is 30.6 Å². The van der Waals surface area contributed by atoms with Crippen LogP contribution in [0.2, 0.25) is 0 Å². The normalized spacial score (nSPS) is 16.3. The van der Waals surface area contributed by atoms with Crippen LogP contribution in [0.1, 0.15) is 97.3 Å². The van der Waals surface area contributed by atoms with Gasteiger partial charge in [0.25, 0.3) is 0 Å². The van der Waals surface area contributed by atoms with Gasteiger partial charge >= 0.3 is 5.97 Å². The van der Waals surface area contributed by atoms with Gasteiger partial charge < -0.3 is 5.11 Å². The molecule has 2 nitrogen and oxygen atoms in total. The van der Waals surface area contributed by atoms with E-state index in [1.807, 2.05) is 0 Å². The number of carboxylic acid groups (broad SMARTS) is 1. The minimum atomic E-state index is -0.650. The molecule has 1 saturated carbocycles. The van der Waals surface area contributed by atoms with Gasteiger partial charge in [-0.05, 0) is 43.4 Å². The predicted molar refractivity (Wildman–Crippen MR) is 89.5 cm³/mol. The summed E-state index contributed by atoms with van der Waals surface area (Å²) in [5.41, 5.74) is 0. The molecule has 1 atom stereocenters. The van der Waals surface area contributed by atoms with Gasteiger partial charge in [0, 0.05) is 6.42 Å². The maximum Gasteiger partial charge on any atom is 0.303 e. The van der Waals surface area contributed by atoms with Gasteiger partial charge in [0.05, 0.1) is 0 Å². The van der Waals surface area contributed by atoms with E-state index in [2.05, 4.69) is 13.8 Å². The Labute approximate surface area is 131 Å². The fourth-order valence-corrected chi connectivity index (χ4v) is 3.82. The lowest BCUT2D eigenvalue weighted by Crippen LogP contribution is -2.15. The maximum atomic E-state index is 10.4. The van der Waals surface area contributed by atoms with Gasteiger partial charge in [0.1, 0.15) is 0 Å². The highest BCUT2D eigenvalue weighted by atomic mass is 16.4. The molecule has 1 rings (SSSR count). The topological polar surface area (TPSA) is 37.3 Å². The van der Waals surface area contributed by atoms with E-state index >= 15 is 0 Å². The van der Waals surface area contributed by atoms with E-state index in [9.17, 15) is 4.79 Å². The summed E-state index contributed by atoms with van der Waals surface area (Å²) in [6.45, 7) is 4.72. The van der Waals surface area contributed by atoms with Crippen molar-refractivity contribution in [3.8, 4) is 0 Å². The van der Waals surface area contributed by atoms with Crippen molar-refractivity contribution >= 4 is 5.97 Å². The number of aliphatic carboxylic acids is 1. The van der Waals surface area contributed by atoms with Crippen LogP contribution in [0.15, 0.2) is 0 Å². The van der Waals surface area contributed by atoms with E-state index in [4.69, 9.17) is 5.11 Å². The minimum absolute atomic E-state index is 0.346. The van der Waals surface area contributed by atoms with Crippen molar-refractivity contribution in [2.45, 2.75) is 97.3 Å². The lowest BCUT2D eigenvalue weighted by Gasteiger charge is -2.25. The van der Waals surface area contributed by atoms with Crippen LogP contribution in [0.5, 0.6) is 0 Å². The van der Waals surface area contributed by atoms with Gasteiger partial charge in [-0.3, -0.25) is 4.79 Å². The second kappa shape index (κ2) is 11.1. The third-order valence-electron chi connectivity index (χ3n) is 5.31. The highest BCUT2D eigenvalue weighted by molar-refractivity contribution is 5.66. The molecule has 1 aliphatic carbocycles. The summed E-state index contributed by atoms with van der Waals surface area (Å²) in [5.74, 6) is 2.39. The van der Waals surface area contributed by atoms with Gasteiger partial charge in [0.2, 0.25) is 0 Å². The first-order valence-corrected chi connectivity index (χ1v) is 9.40. The summed E-state index contributed by atoms with van der Waals surface area (Å²) in [5, 5.41) is 8.57. The fraction of sp³-hybridized carbons (Fsp3) is 0.947. The molecule has 1 fully saturated rings. The number of carbonyl (C=O) groups is 1. The zero-order valence-electron chi connectivity index (χ0n) is 14.3. The highest BCUT2D eigenvalue weighted by Crippen LogP contribution is 2.45. The lowest BCUT2D eigenvalue weighted by atomic mass is 9.81. The second-order valence-electron chi connectivity index (χ2n) is 6.99. The molecule has 0 aliphatic heterocycles. The number of rotatable bonds is 14. The van der Waals surface area contributed by atoms with Crippen LogP contribution in [-0.4, -0.2) is 11.1 Å². The number of hydrogen-bond acceptors (Lipinski definition) is 1. The smallest absolute Gasteiger partial charge is 0.303 e. The van der Waals surface area contributed by atoms with Gasteiger partial charge in [-0.1, -0.05) is 65.2 Å². The molecule has 0 radical (unpaired) electrons. The molecule has 0 spiro atoms. The lowest BCUT2D eigenvalue weighted by molar-refractivity contribution is -0.137. The first-order chi connectivity index (χ1) is 10.2. The Kier molecular flexibility index (Phi) is 9.78. The minimum Gasteiger partial charge on any atom is -0.481 e. The summed E-state index contributed by atoms with van der Waals surface area (Å²) in [4.78, 5) is 10.4. The molecule has 1 aliphatic rings. The van der Waals surface area contributed by atoms with Crippen molar-refractivity contribution in [3.63, 3.8) is 0 Å². The van der Waals surface area contributed by atoms with Crippen LogP contribution < -0.4 is 0 Å². The van der Waals surface area contributed by atoms with E-state index in [1.165, 1.54) is 64.2 Å². The summed E-state index contributed by atoms with van der Waals surface area (Å²) >= 11 is 0. The van der Waals surface area contributed by atoms with E-state index < -0.39 is 5.97 Å². The molecule has 1 unspecified atom stereocenters. The largest absolute Gasteiger partial charge is 0.481 e. The Morgan fingerprint density at radius 3 is 1.95 bits per heavy atom. The number of carboxylic acids is 1.